The zero-order chi connectivity index (χ0) is 24.5. The third kappa shape index (κ3) is 5.95. The number of nitrogens with zero attached hydrogens (tertiary/aromatic N) is 1. The molecule has 3 rings (SSSR count). The first-order valence-electron chi connectivity index (χ1n) is 11.1. The monoisotopic (exact) mass is 441 g/mol. The molecule has 0 aliphatic carbocycles. The summed E-state index contributed by atoms with van der Waals surface area (Å²) in [7, 11) is 1.54. The highest BCUT2D eigenvalue weighted by Crippen LogP contribution is 2.28. The van der Waals surface area contributed by atoms with E-state index in [0.29, 0.717) is 17.0 Å². The van der Waals surface area contributed by atoms with E-state index in [4.69, 9.17) is 9.73 Å². The van der Waals surface area contributed by atoms with E-state index in [1.54, 1.807) is 12.1 Å². The third-order valence-electron chi connectivity index (χ3n) is 5.37. The molecule has 0 N–H and O–H groups in total. The quantitative estimate of drug-likeness (QED) is 0.211. The number of benzene rings is 3. The Morgan fingerprint density at radius 3 is 2.18 bits per heavy atom. The van der Waals surface area contributed by atoms with Crippen molar-refractivity contribution in [3.8, 4) is 16.9 Å². The van der Waals surface area contributed by atoms with E-state index in [9.17, 15) is 4.79 Å². The summed E-state index contributed by atoms with van der Waals surface area (Å²) >= 11 is 0. The standard InChI is InChI=1S/C28H27NO2.C2H6.H2/c1-7-27(30)26-15-13-23(17-28(26)31-6)21(5)29-20(4)22-12-14-25(19(3)16-22)24-11-9-8-10-18(24)2;1-2;/h7-17H,1,5H2,2-4,6H3;1-2H3;1H. The van der Waals surface area contributed by atoms with Gasteiger partial charge in [-0.25, -0.2) is 0 Å². The van der Waals surface area contributed by atoms with Gasteiger partial charge in [0.05, 0.1) is 18.4 Å². The number of aliphatic imine (C=N–C) groups is 1. The minimum atomic E-state index is -0.182. The van der Waals surface area contributed by atoms with Crippen LogP contribution < -0.4 is 4.74 Å². The molecule has 3 aromatic rings. The topological polar surface area (TPSA) is 38.7 Å². The molecule has 0 fully saturated rings. The Morgan fingerprint density at radius 2 is 1.58 bits per heavy atom. The van der Waals surface area contributed by atoms with Crippen LogP contribution in [0.3, 0.4) is 0 Å². The van der Waals surface area contributed by atoms with Crippen molar-refractivity contribution in [2.75, 3.05) is 7.11 Å². The van der Waals surface area contributed by atoms with Crippen LogP contribution in [0.5, 0.6) is 5.75 Å². The van der Waals surface area contributed by atoms with Crippen LogP contribution in [-0.4, -0.2) is 18.6 Å². The van der Waals surface area contributed by atoms with Crippen LogP contribution in [0.2, 0.25) is 0 Å². The van der Waals surface area contributed by atoms with Crippen LogP contribution in [0.25, 0.3) is 16.8 Å². The maximum atomic E-state index is 12.0. The predicted molar refractivity (Wildman–Crippen MR) is 144 cm³/mol. The molecule has 0 spiro atoms. The maximum absolute atomic E-state index is 12.0. The SMILES string of the molecule is C=CC(=O)c1ccc(C(=C)N=C(C)c2ccc(-c3ccccc3C)c(C)c2)cc1OC.CC.[HH]. The van der Waals surface area contributed by atoms with Gasteiger partial charge in [-0.05, 0) is 72.9 Å². The lowest BCUT2D eigenvalue weighted by Crippen LogP contribution is -2.00. The van der Waals surface area contributed by atoms with Crippen LogP contribution in [0.1, 0.15) is 54.8 Å². The second-order valence-corrected chi connectivity index (χ2v) is 7.47. The van der Waals surface area contributed by atoms with Gasteiger partial charge >= 0.3 is 0 Å². The Bertz CT molecular complexity index is 1210. The molecule has 0 heterocycles. The molecule has 172 valence electrons. The minimum absolute atomic E-state index is 0. The summed E-state index contributed by atoms with van der Waals surface area (Å²) in [6.45, 7) is 17.9. The normalized spacial score (nSPS) is 10.7. The predicted octanol–water partition coefficient (Wildman–Crippen LogP) is 8.10. The fraction of sp³-hybridized carbons (Fsp3) is 0.200. The molecule has 3 heteroatoms. The summed E-state index contributed by atoms with van der Waals surface area (Å²) in [6.07, 6.45) is 1.28. The highest BCUT2D eigenvalue weighted by atomic mass is 16.5. The van der Waals surface area contributed by atoms with E-state index in [1.807, 2.05) is 26.8 Å². The third-order valence-corrected chi connectivity index (χ3v) is 5.37. The number of carbonyl (C=O) groups excluding carboxylic acids is 1. The van der Waals surface area contributed by atoms with E-state index in [2.05, 4.69) is 69.5 Å². The Labute approximate surface area is 199 Å². The molecule has 0 radical (unpaired) electrons. The molecule has 0 aliphatic heterocycles. The molecule has 0 aliphatic rings. The molecule has 0 aromatic heterocycles. The summed E-state index contributed by atoms with van der Waals surface area (Å²) in [5.41, 5.74) is 8.70. The Morgan fingerprint density at radius 1 is 0.939 bits per heavy atom. The van der Waals surface area contributed by atoms with E-state index < -0.39 is 0 Å². The summed E-state index contributed by atoms with van der Waals surface area (Å²) in [4.78, 5) is 16.7. The molecule has 0 saturated carbocycles. The Balaban J connectivity index is 0.00000188. The molecular formula is C30H35NO2. The van der Waals surface area contributed by atoms with E-state index in [-0.39, 0.29) is 7.21 Å². The number of allylic oxidation sites excluding steroid dienone is 1. The largest absolute Gasteiger partial charge is 0.496 e. The van der Waals surface area contributed by atoms with Crippen molar-refractivity contribution < 1.29 is 11.0 Å². The summed E-state index contributed by atoms with van der Waals surface area (Å²) in [5.74, 6) is 0.299. The van der Waals surface area contributed by atoms with E-state index in [1.165, 1.54) is 35.4 Å². The summed E-state index contributed by atoms with van der Waals surface area (Å²) < 4.78 is 5.37. The van der Waals surface area contributed by atoms with Gasteiger partial charge < -0.3 is 4.74 Å². The van der Waals surface area contributed by atoms with Crippen molar-refractivity contribution in [1.82, 2.24) is 0 Å². The lowest BCUT2D eigenvalue weighted by Gasteiger charge is -2.12. The zero-order valence-corrected chi connectivity index (χ0v) is 20.5. The zero-order valence-electron chi connectivity index (χ0n) is 20.5. The smallest absolute Gasteiger partial charge is 0.188 e. The first-order chi connectivity index (χ1) is 15.8. The fourth-order valence-corrected chi connectivity index (χ4v) is 3.58. The minimum Gasteiger partial charge on any atom is -0.496 e. The first-order valence-corrected chi connectivity index (χ1v) is 11.1. The number of hydrogen-bond acceptors (Lipinski definition) is 3. The summed E-state index contributed by atoms with van der Waals surface area (Å²) in [6, 6.07) is 20.1. The molecule has 0 unspecified atom stereocenters. The number of hydrogen-bond donors (Lipinski definition) is 0. The van der Waals surface area contributed by atoms with Gasteiger partial charge in [0.1, 0.15) is 5.75 Å². The van der Waals surface area contributed by atoms with Crippen molar-refractivity contribution in [2.24, 2.45) is 4.99 Å². The van der Waals surface area contributed by atoms with E-state index >= 15 is 0 Å². The van der Waals surface area contributed by atoms with E-state index in [0.717, 1.165) is 16.8 Å². The van der Waals surface area contributed by atoms with Crippen LogP contribution in [-0.2, 0) is 0 Å². The van der Waals surface area contributed by atoms with Crippen molar-refractivity contribution in [2.45, 2.75) is 34.6 Å². The second kappa shape index (κ2) is 11.8. The first kappa shape index (κ1) is 25.5. The molecule has 0 atom stereocenters. The number of aryl methyl sites for hydroxylation is 2. The Hall–Kier alpha value is -3.72. The number of carbonyl (C=O) groups is 1. The number of ketones is 1. The molecular weight excluding hydrogens is 406 g/mol. The van der Waals surface area contributed by atoms with Gasteiger partial charge in [0, 0.05) is 12.7 Å². The molecule has 0 amide bonds. The molecule has 33 heavy (non-hydrogen) atoms. The maximum Gasteiger partial charge on any atom is 0.188 e. The van der Waals surface area contributed by atoms with Gasteiger partial charge in [-0.1, -0.05) is 69.5 Å². The Kier molecular flexibility index (Phi) is 9.11. The van der Waals surface area contributed by atoms with Crippen molar-refractivity contribution in [3.63, 3.8) is 0 Å². The van der Waals surface area contributed by atoms with Gasteiger partial charge in [0.15, 0.2) is 5.78 Å². The number of methoxy groups -OCH3 is 1. The van der Waals surface area contributed by atoms with Gasteiger partial charge in [-0.2, -0.15) is 0 Å². The lowest BCUT2D eigenvalue weighted by atomic mass is 9.94. The van der Waals surface area contributed by atoms with Crippen molar-refractivity contribution in [1.29, 1.82) is 0 Å². The van der Waals surface area contributed by atoms with Gasteiger partial charge in [-0.15, -0.1) is 0 Å². The van der Waals surface area contributed by atoms with Crippen molar-refractivity contribution in [3.05, 3.63) is 108 Å². The average Bonchev–Trinajstić information content (AvgIpc) is 2.84. The van der Waals surface area contributed by atoms with Gasteiger partial charge in [0.25, 0.3) is 0 Å². The van der Waals surface area contributed by atoms with Crippen LogP contribution in [0.15, 0.2) is 84.9 Å². The van der Waals surface area contributed by atoms with Crippen molar-refractivity contribution >= 4 is 17.2 Å². The van der Waals surface area contributed by atoms with Gasteiger partial charge in [0.2, 0.25) is 0 Å². The molecule has 0 saturated heterocycles. The fourth-order valence-electron chi connectivity index (χ4n) is 3.58. The highest BCUT2D eigenvalue weighted by Gasteiger charge is 2.12. The summed E-state index contributed by atoms with van der Waals surface area (Å²) in [5, 5.41) is 0. The lowest BCUT2D eigenvalue weighted by molar-refractivity contribution is 0.104. The van der Waals surface area contributed by atoms with Gasteiger partial charge in [-0.3, -0.25) is 9.79 Å². The number of rotatable bonds is 7. The molecule has 0 bridgehead atoms. The van der Waals surface area contributed by atoms with Crippen LogP contribution in [0, 0.1) is 13.8 Å². The van der Waals surface area contributed by atoms with Crippen LogP contribution >= 0.6 is 0 Å². The number of ether oxygens (including phenoxy) is 1. The molecule has 3 nitrogen and oxygen atoms in total. The highest BCUT2D eigenvalue weighted by molar-refractivity contribution is 6.06. The molecule has 3 aromatic carbocycles. The average molecular weight is 442 g/mol. The second-order valence-electron chi connectivity index (χ2n) is 7.47. The van der Waals surface area contributed by atoms with Crippen LogP contribution in [0.4, 0.5) is 0 Å².